The summed E-state index contributed by atoms with van der Waals surface area (Å²) in [4.78, 5) is 5.03. The summed E-state index contributed by atoms with van der Waals surface area (Å²) in [5.74, 6) is 0. The van der Waals surface area contributed by atoms with Crippen molar-refractivity contribution in [3.63, 3.8) is 0 Å². The van der Waals surface area contributed by atoms with E-state index in [-0.39, 0.29) is 6.85 Å². The van der Waals surface area contributed by atoms with Gasteiger partial charge in [0.05, 0.1) is 16.7 Å². The fourth-order valence-corrected chi connectivity index (χ4v) is 8.28. The van der Waals surface area contributed by atoms with Crippen molar-refractivity contribution in [2.75, 3.05) is 4.81 Å². The lowest BCUT2D eigenvalue weighted by Gasteiger charge is -2.40. The molecule has 190 valence electrons. The van der Waals surface area contributed by atoms with Crippen molar-refractivity contribution < 1.29 is 4.42 Å². The summed E-state index contributed by atoms with van der Waals surface area (Å²) in [6.07, 6.45) is 0. The summed E-state index contributed by atoms with van der Waals surface area (Å²) in [5.41, 5.74) is 10.6. The van der Waals surface area contributed by atoms with Crippen LogP contribution in [0, 0.1) is 0 Å². The molecule has 0 bridgehead atoms. The van der Waals surface area contributed by atoms with Crippen LogP contribution in [0.2, 0.25) is 0 Å². The maximum absolute atomic E-state index is 6.71. The molecule has 0 atom stereocenters. The van der Waals surface area contributed by atoms with Crippen LogP contribution in [0.5, 0.6) is 0 Å². The minimum Gasteiger partial charge on any atom is -0.454 e. The topological polar surface area (TPSA) is 21.3 Å². The number of aromatic nitrogens is 1. The fourth-order valence-electron chi connectivity index (χ4n) is 7.20. The lowest BCUT2D eigenvalue weighted by Crippen LogP contribution is -2.58. The van der Waals surface area contributed by atoms with Crippen molar-refractivity contribution in [2.45, 2.75) is 9.79 Å². The first-order valence-electron chi connectivity index (χ1n) is 14.0. The lowest BCUT2D eigenvalue weighted by atomic mass is 9.46. The molecule has 5 heteroatoms. The first-order chi connectivity index (χ1) is 20.4. The van der Waals surface area contributed by atoms with Gasteiger partial charge in [-0.2, -0.15) is 0 Å². The third-order valence-corrected chi connectivity index (χ3v) is 9.93. The Morgan fingerprint density at radius 3 is 2.22 bits per heavy atom. The van der Waals surface area contributed by atoms with E-state index in [4.69, 9.17) is 4.42 Å². The van der Waals surface area contributed by atoms with Gasteiger partial charge in [0.15, 0.2) is 5.58 Å². The Labute approximate surface area is 240 Å². The SMILES string of the molecule is c1ccc2c(c1)Sc1ccc3c(oc4ccccc43)c1N2B1c2ccccc2-n2c3ccccc3c3cccc1c32. The van der Waals surface area contributed by atoms with E-state index in [0.29, 0.717) is 0 Å². The molecule has 0 fully saturated rings. The quantitative estimate of drug-likeness (QED) is 0.195. The zero-order valence-corrected chi connectivity index (χ0v) is 22.7. The van der Waals surface area contributed by atoms with Gasteiger partial charge < -0.3 is 13.8 Å². The van der Waals surface area contributed by atoms with Crippen molar-refractivity contribution >= 4 is 84.7 Å². The van der Waals surface area contributed by atoms with Crippen molar-refractivity contribution in [2.24, 2.45) is 0 Å². The van der Waals surface area contributed by atoms with Gasteiger partial charge in [-0.25, -0.2) is 0 Å². The molecule has 0 aliphatic carbocycles. The van der Waals surface area contributed by atoms with Gasteiger partial charge in [-0.05, 0) is 53.4 Å². The molecule has 8 aromatic rings. The molecule has 0 spiro atoms. The van der Waals surface area contributed by atoms with Gasteiger partial charge in [-0.3, -0.25) is 0 Å². The first kappa shape index (κ1) is 21.9. The number of fused-ring (bicyclic) bond motifs is 11. The number of benzene rings is 6. The van der Waals surface area contributed by atoms with E-state index in [2.05, 4.69) is 137 Å². The summed E-state index contributed by atoms with van der Waals surface area (Å²) < 4.78 is 9.18. The largest absolute Gasteiger partial charge is 0.454 e. The van der Waals surface area contributed by atoms with Gasteiger partial charge in [0, 0.05) is 42.7 Å². The molecule has 2 aliphatic rings. The monoisotopic (exact) mass is 540 g/mol. The van der Waals surface area contributed by atoms with Gasteiger partial charge in [0.2, 0.25) is 0 Å². The summed E-state index contributed by atoms with van der Waals surface area (Å²) in [7, 11) is 0. The highest BCUT2D eigenvalue weighted by atomic mass is 32.2. The zero-order valence-electron chi connectivity index (χ0n) is 21.9. The number of para-hydroxylation sites is 5. The van der Waals surface area contributed by atoms with Crippen LogP contribution in [-0.2, 0) is 0 Å². The second-order valence-electron chi connectivity index (χ2n) is 10.9. The third-order valence-electron chi connectivity index (χ3n) is 8.82. The van der Waals surface area contributed by atoms with Crippen LogP contribution < -0.4 is 15.7 Å². The Bertz CT molecular complexity index is 2390. The fraction of sp³-hybridized carbons (Fsp3) is 0. The number of hydrogen-bond acceptors (Lipinski definition) is 3. The minimum atomic E-state index is -0.0358. The summed E-state index contributed by atoms with van der Waals surface area (Å²) in [5, 5.41) is 4.88. The Balaban J connectivity index is 1.37. The Hall–Kier alpha value is -4.87. The highest BCUT2D eigenvalue weighted by Crippen LogP contribution is 2.53. The van der Waals surface area contributed by atoms with Gasteiger partial charge in [-0.15, -0.1) is 0 Å². The van der Waals surface area contributed by atoms with E-state index in [1.165, 1.54) is 53.9 Å². The van der Waals surface area contributed by atoms with Crippen molar-refractivity contribution in [1.29, 1.82) is 0 Å². The predicted octanol–water partition coefficient (Wildman–Crippen LogP) is 8.41. The molecule has 3 nitrogen and oxygen atoms in total. The van der Waals surface area contributed by atoms with Crippen LogP contribution in [0.1, 0.15) is 0 Å². The molecule has 0 radical (unpaired) electrons. The Kier molecular flexibility index (Phi) is 4.20. The summed E-state index contributed by atoms with van der Waals surface area (Å²) in [6, 6.07) is 46.2. The number of nitrogens with zero attached hydrogens (tertiary/aromatic N) is 2. The maximum Gasteiger partial charge on any atom is 0.332 e. The van der Waals surface area contributed by atoms with E-state index in [1.54, 1.807) is 0 Å². The number of furan rings is 1. The van der Waals surface area contributed by atoms with Crippen LogP contribution in [0.15, 0.2) is 142 Å². The maximum atomic E-state index is 6.71. The predicted molar refractivity (Wildman–Crippen MR) is 172 cm³/mol. The van der Waals surface area contributed by atoms with Crippen LogP contribution in [-0.4, -0.2) is 11.4 Å². The molecule has 0 N–H and O–H groups in total. The number of anilines is 2. The number of rotatable bonds is 1. The average molecular weight is 540 g/mol. The Morgan fingerprint density at radius 1 is 0.537 bits per heavy atom. The summed E-state index contributed by atoms with van der Waals surface area (Å²) >= 11 is 1.83. The standard InChI is InChI=1S/C36H21BN2OS/c1-4-15-28-22(10-1)24-12-9-14-27-34(24)38(28)29-16-5-3-13-26(29)37(27)39-30-17-6-8-19-32(30)41-33-21-20-25-23-11-2-7-18-31(23)40-36(25)35(33)39/h1-21H. The van der Waals surface area contributed by atoms with Crippen LogP contribution >= 0.6 is 11.8 Å². The lowest BCUT2D eigenvalue weighted by molar-refractivity contribution is 0.668. The average Bonchev–Trinajstić information content (AvgIpc) is 3.58. The Morgan fingerprint density at radius 2 is 1.27 bits per heavy atom. The molecule has 0 amide bonds. The van der Waals surface area contributed by atoms with E-state index in [9.17, 15) is 0 Å². The van der Waals surface area contributed by atoms with Crippen molar-refractivity contribution in [3.8, 4) is 5.69 Å². The smallest absolute Gasteiger partial charge is 0.332 e. The molecule has 0 saturated carbocycles. The zero-order chi connectivity index (χ0) is 26.7. The van der Waals surface area contributed by atoms with E-state index >= 15 is 0 Å². The molecular formula is C36H21BN2OS. The number of hydrogen-bond donors (Lipinski definition) is 0. The van der Waals surface area contributed by atoms with Gasteiger partial charge in [-0.1, -0.05) is 96.7 Å². The normalized spacial score (nSPS) is 13.7. The van der Waals surface area contributed by atoms with Crippen molar-refractivity contribution in [1.82, 2.24) is 4.57 Å². The van der Waals surface area contributed by atoms with Gasteiger partial charge >= 0.3 is 6.85 Å². The summed E-state index contributed by atoms with van der Waals surface area (Å²) in [6.45, 7) is -0.0358. The molecule has 2 aromatic heterocycles. The van der Waals surface area contributed by atoms with E-state index in [1.807, 2.05) is 11.8 Å². The molecule has 10 rings (SSSR count). The van der Waals surface area contributed by atoms with Gasteiger partial charge in [0.1, 0.15) is 5.58 Å². The van der Waals surface area contributed by atoms with E-state index < -0.39 is 0 Å². The highest BCUT2D eigenvalue weighted by Gasteiger charge is 2.42. The molecule has 0 saturated heterocycles. The van der Waals surface area contributed by atoms with E-state index in [0.717, 1.165) is 27.6 Å². The van der Waals surface area contributed by atoms with Crippen molar-refractivity contribution in [3.05, 3.63) is 127 Å². The minimum absolute atomic E-state index is 0.0358. The molecular weight excluding hydrogens is 519 g/mol. The van der Waals surface area contributed by atoms with Crippen LogP contribution in [0.3, 0.4) is 0 Å². The molecule has 4 heterocycles. The third kappa shape index (κ3) is 2.76. The second kappa shape index (κ2) is 7.87. The second-order valence-corrected chi connectivity index (χ2v) is 12.0. The molecule has 6 aromatic carbocycles. The van der Waals surface area contributed by atoms with Crippen LogP contribution in [0.4, 0.5) is 11.4 Å². The molecule has 0 unspecified atom stereocenters. The first-order valence-corrected chi connectivity index (χ1v) is 14.8. The van der Waals surface area contributed by atoms with Crippen LogP contribution in [0.25, 0.3) is 49.4 Å². The highest BCUT2D eigenvalue weighted by molar-refractivity contribution is 7.99. The molecule has 2 aliphatic heterocycles. The van der Waals surface area contributed by atoms with Gasteiger partial charge in [0.25, 0.3) is 0 Å². The molecule has 41 heavy (non-hydrogen) atoms.